The molecule has 0 spiro atoms. The van der Waals surface area contributed by atoms with Crippen LogP contribution in [0.5, 0.6) is 0 Å². The van der Waals surface area contributed by atoms with Crippen LogP contribution in [0.25, 0.3) is 0 Å². The SMILES string of the molecule is Cc1cc(C(=O)NCCc2cccc(Cl)c2)nc(NCc2ccc(F)cc2)n1. The second-order valence-corrected chi connectivity index (χ2v) is 6.77. The van der Waals surface area contributed by atoms with E-state index >= 15 is 0 Å². The minimum atomic E-state index is -0.285. The van der Waals surface area contributed by atoms with Crippen LogP contribution < -0.4 is 10.6 Å². The highest BCUT2D eigenvalue weighted by molar-refractivity contribution is 6.30. The maximum absolute atomic E-state index is 13.0. The Morgan fingerprint density at radius 2 is 1.86 bits per heavy atom. The van der Waals surface area contributed by atoms with Crippen molar-refractivity contribution in [3.05, 3.63) is 88.0 Å². The summed E-state index contributed by atoms with van der Waals surface area (Å²) in [6.07, 6.45) is 0.673. The van der Waals surface area contributed by atoms with E-state index in [1.165, 1.54) is 12.1 Å². The summed E-state index contributed by atoms with van der Waals surface area (Å²) in [5.41, 5.74) is 2.91. The Labute approximate surface area is 168 Å². The Morgan fingerprint density at radius 3 is 2.61 bits per heavy atom. The van der Waals surface area contributed by atoms with E-state index in [4.69, 9.17) is 11.6 Å². The second kappa shape index (κ2) is 9.28. The van der Waals surface area contributed by atoms with Gasteiger partial charge in [-0.05, 0) is 54.8 Å². The van der Waals surface area contributed by atoms with Crippen molar-refractivity contribution in [2.75, 3.05) is 11.9 Å². The number of rotatable bonds is 7. The molecule has 144 valence electrons. The second-order valence-electron chi connectivity index (χ2n) is 6.33. The van der Waals surface area contributed by atoms with Crippen molar-refractivity contribution in [3.63, 3.8) is 0 Å². The van der Waals surface area contributed by atoms with Crippen molar-refractivity contribution in [3.8, 4) is 0 Å². The number of nitrogens with zero attached hydrogens (tertiary/aromatic N) is 2. The molecule has 0 saturated heterocycles. The molecule has 0 radical (unpaired) electrons. The van der Waals surface area contributed by atoms with Gasteiger partial charge >= 0.3 is 0 Å². The molecule has 0 atom stereocenters. The summed E-state index contributed by atoms with van der Waals surface area (Å²) in [7, 11) is 0. The first-order valence-corrected chi connectivity index (χ1v) is 9.24. The molecule has 1 aromatic heterocycles. The van der Waals surface area contributed by atoms with Gasteiger partial charge in [0.05, 0.1) is 0 Å². The third-order valence-electron chi connectivity index (χ3n) is 4.04. The molecule has 0 saturated carbocycles. The molecule has 3 rings (SSSR count). The van der Waals surface area contributed by atoms with Crippen LogP contribution in [0, 0.1) is 12.7 Å². The minimum Gasteiger partial charge on any atom is -0.350 e. The van der Waals surface area contributed by atoms with Gasteiger partial charge in [-0.15, -0.1) is 0 Å². The number of hydrogen-bond donors (Lipinski definition) is 2. The summed E-state index contributed by atoms with van der Waals surface area (Å²) in [6, 6.07) is 15.3. The van der Waals surface area contributed by atoms with Gasteiger partial charge in [0, 0.05) is 23.8 Å². The zero-order chi connectivity index (χ0) is 19.9. The van der Waals surface area contributed by atoms with Crippen molar-refractivity contribution in [2.45, 2.75) is 19.9 Å². The van der Waals surface area contributed by atoms with Gasteiger partial charge in [0.15, 0.2) is 0 Å². The summed E-state index contributed by atoms with van der Waals surface area (Å²) in [6.45, 7) is 2.70. The van der Waals surface area contributed by atoms with E-state index in [2.05, 4.69) is 20.6 Å². The standard InChI is InChI=1S/C21H20ClFN4O/c1-14-11-19(20(28)24-10-9-15-3-2-4-17(22)12-15)27-21(26-14)25-13-16-5-7-18(23)8-6-16/h2-8,11-12H,9-10,13H2,1H3,(H,24,28)(H,25,26,27). The lowest BCUT2D eigenvalue weighted by atomic mass is 10.1. The van der Waals surface area contributed by atoms with E-state index in [1.807, 2.05) is 24.3 Å². The van der Waals surface area contributed by atoms with Crippen LogP contribution in [0.15, 0.2) is 54.6 Å². The predicted octanol–water partition coefficient (Wildman–Crippen LogP) is 4.16. The topological polar surface area (TPSA) is 66.9 Å². The molecule has 7 heteroatoms. The van der Waals surface area contributed by atoms with Gasteiger partial charge in [-0.1, -0.05) is 35.9 Å². The van der Waals surface area contributed by atoms with E-state index in [0.29, 0.717) is 41.9 Å². The maximum atomic E-state index is 13.0. The predicted molar refractivity (Wildman–Crippen MR) is 108 cm³/mol. The quantitative estimate of drug-likeness (QED) is 0.627. The molecule has 3 aromatic rings. The molecule has 2 aromatic carbocycles. The lowest BCUT2D eigenvalue weighted by molar-refractivity contribution is 0.0949. The smallest absolute Gasteiger partial charge is 0.270 e. The summed E-state index contributed by atoms with van der Waals surface area (Å²) in [4.78, 5) is 21.0. The van der Waals surface area contributed by atoms with E-state index < -0.39 is 0 Å². The highest BCUT2D eigenvalue weighted by Crippen LogP contribution is 2.11. The fraction of sp³-hybridized carbons (Fsp3) is 0.190. The number of halogens is 2. The highest BCUT2D eigenvalue weighted by Gasteiger charge is 2.10. The van der Waals surface area contributed by atoms with E-state index in [0.717, 1.165) is 11.1 Å². The molecule has 1 heterocycles. The summed E-state index contributed by atoms with van der Waals surface area (Å²) in [5.74, 6) is -0.200. The van der Waals surface area contributed by atoms with Gasteiger partial charge in [0.1, 0.15) is 11.5 Å². The van der Waals surface area contributed by atoms with Crippen molar-refractivity contribution in [1.29, 1.82) is 0 Å². The van der Waals surface area contributed by atoms with Crippen molar-refractivity contribution in [2.24, 2.45) is 0 Å². The van der Waals surface area contributed by atoms with Crippen LogP contribution in [0.2, 0.25) is 5.02 Å². The average molecular weight is 399 g/mol. The van der Waals surface area contributed by atoms with Gasteiger partial charge in [-0.3, -0.25) is 4.79 Å². The summed E-state index contributed by atoms with van der Waals surface area (Å²) >= 11 is 5.97. The Kier molecular flexibility index (Phi) is 6.55. The first-order chi connectivity index (χ1) is 13.5. The van der Waals surface area contributed by atoms with Crippen LogP contribution in [0.3, 0.4) is 0 Å². The molecule has 2 N–H and O–H groups in total. The number of nitrogens with one attached hydrogen (secondary N) is 2. The van der Waals surface area contributed by atoms with Gasteiger partial charge < -0.3 is 10.6 Å². The molecular formula is C21H20ClFN4O. The fourth-order valence-corrected chi connectivity index (χ4v) is 2.86. The Balaban J connectivity index is 1.58. The number of amides is 1. The Hall–Kier alpha value is -2.99. The van der Waals surface area contributed by atoms with E-state index in [9.17, 15) is 9.18 Å². The first kappa shape index (κ1) is 19.8. The number of aryl methyl sites for hydroxylation is 1. The van der Waals surface area contributed by atoms with Gasteiger partial charge in [-0.2, -0.15) is 0 Å². The first-order valence-electron chi connectivity index (χ1n) is 8.86. The van der Waals surface area contributed by atoms with Crippen molar-refractivity contribution in [1.82, 2.24) is 15.3 Å². The number of carbonyl (C=O) groups excluding carboxylic acids is 1. The molecule has 0 aliphatic rings. The number of benzene rings is 2. The number of aromatic nitrogens is 2. The lowest BCUT2D eigenvalue weighted by Crippen LogP contribution is -2.27. The maximum Gasteiger partial charge on any atom is 0.270 e. The van der Waals surface area contributed by atoms with Gasteiger partial charge in [0.2, 0.25) is 5.95 Å². The number of carbonyl (C=O) groups is 1. The monoisotopic (exact) mass is 398 g/mol. The summed E-state index contributed by atoms with van der Waals surface area (Å²) < 4.78 is 13.0. The van der Waals surface area contributed by atoms with E-state index in [-0.39, 0.29) is 11.7 Å². The van der Waals surface area contributed by atoms with Crippen molar-refractivity contribution >= 4 is 23.5 Å². The Bertz CT molecular complexity index is 963. The third kappa shape index (κ3) is 5.76. The van der Waals surface area contributed by atoms with Crippen LogP contribution in [-0.4, -0.2) is 22.4 Å². The number of anilines is 1. The molecule has 28 heavy (non-hydrogen) atoms. The molecule has 0 fully saturated rings. The van der Waals surface area contributed by atoms with Crippen LogP contribution in [0.4, 0.5) is 10.3 Å². The van der Waals surface area contributed by atoms with Gasteiger partial charge in [-0.25, -0.2) is 14.4 Å². The minimum absolute atomic E-state index is 0.266. The molecular weight excluding hydrogens is 379 g/mol. The van der Waals surface area contributed by atoms with Gasteiger partial charge in [0.25, 0.3) is 5.91 Å². The molecule has 0 aliphatic heterocycles. The molecule has 0 aliphatic carbocycles. The molecule has 5 nitrogen and oxygen atoms in total. The van der Waals surface area contributed by atoms with Crippen LogP contribution >= 0.6 is 11.6 Å². The molecule has 0 unspecified atom stereocenters. The molecule has 1 amide bonds. The lowest BCUT2D eigenvalue weighted by Gasteiger charge is -2.09. The molecule has 0 bridgehead atoms. The van der Waals surface area contributed by atoms with Crippen molar-refractivity contribution < 1.29 is 9.18 Å². The third-order valence-corrected chi connectivity index (χ3v) is 4.27. The number of hydrogen-bond acceptors (Lipinski definition) is 4. The zero-order valence-corrected chi connectivity index (χ0v) is 16.1. The summed E-state index contributed by atoms with van der Waals surface area (Å²) in [5, 5.41) is 6.60. The zero-order valence-electron chi connectivity index (χ0n) is 15.4. The average Bonchev–Trinajstić information content (AvgIpc) is 2.67. The highest BCUT2D eigenvalue weighted by atomic mass is 35.5. The largest absolute Gasteiger partial charge is 0.350 e. The van der Waals surface area contributed by atoms with E-state index in [1.54, 1.807) is 25.1 Å². The fourth-order valence-electron chi connectivity index (χ4n) is 2.65. The van der Waals surface area contributed by atoms with Crippen LogP contribution in [-0.2, 0) is 13.0 Å². The Morgan fingerprint density at radius 1 is 1.07 bits per heavy atom. The van der Waals surface area contributed by atoms with Crippen LogP contribution in [0.1, 0.15) is 27.3 Å². The normalized spacial score (nSPS) is 10.5.